The number of hydrogen-bond donors (Lipinski definition) is 4. The molecule has 2 aromatic rings. The molecule has 5 heterocycles. The quantitative estimate of drug-likeness (QED) is 0.345. The lowest BCUT2D eigenvalue weighted by atomic mass is 9.96. The number of amides is 4. The molecule has 0 aromatic carbocycles. The average Bonchev–Trinajstić information content (AvgIpc) is 3.92. The number of nitrogens with one attached hydrogen (secondary N) is 4. The van der Waals surface area contributed by atoms with Gasteiger partial charge in [0.25, 0.3) is 0 Å². The molecule has 4 amide bonds. The van der Waals surface area contributed by atoms with E-state index >= 15 is 0 Å². The number of fused-ring (bicyclic) bond motifs is 8. The molecule has 9 atom stereocenters. The van der Waals surface area contributed by atoms with Gasteiger partial charge >= 0.3 is 0 Å². The van der Waals surface area contributed by atoms with Gasteiger partial charge in [-0.15, -0.1) is 22.7 Å². The van der Waals surface area contributed by atoms with Gasteiger partial charge in [0.1, 0.15) is 46.2 Å². The first-order chi connectivity index (χ1) is 24.2. The van der Waals surface area contributed by atoms with E-state index in [1.807, 2.05) is 55.4 Å². The molecule has 2 aromatic heterocycles. The molecule has 4 unspecified atom stereocenters. The van der Waals surface area contributed by atoms with Gasteiger partial charge in [-0.25, -0.2) is 20.0 Å². The summed E-state index contributed by atoms with van der Waals surface area (Å²) in [6, 6.07) is -4.34. The van der Waals surface area contributed by atoms with Crippen LogP contribution in [0.1, 0.15) is 109 Å². The van der Waals surface area contributed by atoms with Crippen molar-refractivity contribution in [2.24, 2.45) is 33.7 Å². The smallest absolute Gasteiger partial charge is 0.249 e. The van der Waals surface area contributed by atoms with Gasteiger partial charge < -0.3 is 30.7 Å². The molecule has 0 spiro atoms. The largest absolute Gasteiger partial charge is 0.473 e. The molecule has 0 fully saturated rings. The standard InChI is InChI=1S/C35H50N8O6S2/c1-10-17(7)25-29(45)39-24(16(5)6)35-38-22(14-51-35)33-43-27(19(9)49-33)31(47)42-26(18(8)11-2)30(46)40-23(15(3)4)34-37-21(13-50-34)32-36-20(12-48-32)28(44)41-25/h13-20,23-27H,10-12H2,1-9H3,(H,39,45)(H,40,46)(H,41,44)(H,42,47)/t17?,18?,19-,20?,23-,24-,25+,26+,27?/m1/s1. The molecule has 8 bridgehead atoms. The summed E-state index contributed by atoms with van der Waals surface area (Å²) in [5.41, 5.74) is 0.904. The van der Waals surface area contributed by atoms with Crippen LogP contribution in [0, 0.1) is 23.7 Å². The number of nitrogens with zero attached hydrogens (tertiary/aromatic N) is 4. The molecule has 0 radical (unpaired) electrons. The van der Waals surface area contributed by atoms with Crippen LogP contribution in [0.4, 0.5) is 0 Å². The highest BCUT2D eigenvalue weighted by Gasteiger charge is 2.39. The second-order valence-corrected chi connectivity index (χ2v) is 16.1. The molecular formula is C35H50N8O6S2. The van der Waals surface area contributed by atoms with E-state index in [-0.39, 0.29) is 53.9 Å². The lowest BCUT2D eigenvalue weighted by molar-refractivity contribution is -0.132. The van der Waals surface area contributed by atoms with Gasteiger partial charge in [0.05, 0.1) is 12.1 Å². The van der Waals surface area contributed by atoms with Crippen LogP contribution in [0.2, 0.25) is 0 Å². The van der Waals surface area contributed by atoms with E-state index in [9.17, 15) is 19.2 Å². The van der Waals surface area contributed by atoms with Gasteiger partial charge in [-0.05, 0) is 30.6 Å². The lowest BCUT2D eigenvalue weighted by Crippen LogP contribution is -2.54. The second-order valence-electron chi connectivity index (χ2n) is 14.3. The maximum atomic E-state index is 13.9. The number of hydrogen-bond acceptors (Lipinski definition) is 12. The van der Waals surface area contributed by atoms with E-state index in [2.05, 4.69) is 31.3 Å². The molecule has 16 heteroatoms. The maximum absolute atomic E-state index is 13.9. The Hall–Kier alpha value is -3.92. The zero-order valence-corrected chi connectivity index (χ0v) is 32.3. The van der Waals surface area contributed by atoms with Crippen LogP contribution < -0.4 is 21.3 Å². The van der Waals surface area contributed by atoms with Gasteiger partial charge in [-0.3, -0.25) is 19.2 Å². The summed E-state index contributed by atoms with van der Waals surface area (Å²) < 4.78 is 11.9. The van der Waals surface area contributed by atoms with Crippen LogP contribution in [0.5, 0.6) is 0 Å². The summed E-state index contributed by atoms with van der Waals surface area (Å²) in [5, 5.41) is 17.0. The molecule has 4 N–H and O–H groups in total. The van der Waals surface area contributed by atoms with E-state index in [0.29, 0.717) is 34.2 Å². The van der Waals surface area contributed by atoms with E-state index < -0.39 is 54.2 Å². The SMILES string of the molecule is CCC(C)[C@@H]1NC(=O)C2COC(=N2)c2csc(n2)[C@@H](C(C)C)NC(=O)[C@H](C(C)CC)NC(=O)C2N=C(O[C@@H]2C)c2csc(n2)[C@@H](C(C)C)NC1=O. The Morgan fingerprint density at radius 3 is 1.65 bits per heavy atom. The van der Waals surface area contributed by atoms with Gasteiger partial charge in [0.2, 0.25) is 35.4 Å². The predicted octanol–water partition coefficient (Wildman–Crippen LogP) is 3.68. The number of carbonyl (C=O) groups is 4. The molecule has 278 valence electrons. The fraction of sp³-hybridized carbons (Fsp3) is 0.657. The Kier molecular flexibility index (Phi) is 12.2. The van der Waals surface area contributed by atoms with Crippen molar-refractivity contribution in [2.45, 2.75) is 118 Å². The summed E-state index contributed by atoms with van der Waals surface area (Å²) >= 11 is 2.70. The normalized spacial score (nSPS) is 28.7. The van der Waals surface area contributed by atoms with Crippen LogP contribution in [0.3, 0.4) is 0 Å². The number of ether oxygens (including phenoxy) is 2. The zero-order valence-electron chi connectivity index (χ0n) is 30.7. The van der Waals surface area contributed by atoms with Gasteiger partial charge in [0.15, 0.2) is 12.1 Å². The maximum Gasteiger partial charge on any atom is 0.249 e. The molecule has 0 saturated heterocycles. The summed E-state index contributed by atoms with van der Waals surface area (Å²) in [6.07, 6.45) is 0.703. The third-order valence-corrected chi connectivity index (χ3v) is 11.6. The van der Waals surface area contributed by atoms with E-state index in [4.69, 9.17) is 19.4 Å². The van der Waals surface area contributed by atoms with Crippen LogP contribution >= 0.6 is 22.7 Å². The van der Waals surface area contributed by atoms with Gasteiger partial charge in [0, 0.05) is 10.8 Å². The average molecular weight is 743 g/mol. The van der Waals surface area contributed by atoms with E-state index in [0.717, 1.165) is 0 Å². The van der Waals surface area contributed by atoms with Crippen molar-refractivity contribution in [3.8, 4) is 0 Å². The number of rotatable bonds is 6. The number of thiazole rings is 2. The number of aliphatic imine (C=N–C) groups is 2. The van der Waals surface area contributed by atoms with Crippen LogP contribution in [-0.2, 0) is 28.7 Å². The molecule has 3 aliphatic heterocycles. The minimum atomic E-state index is -0.894. The predicted molar refractivity (Wildman–Crippen MR) is 196 cm³/mol. The van der Waals surface area contributed by atoms with Crippen LogP contribution in [0.15, 0.2) is 20.7 Å². The Balaban J connectivity index is 1.53. The molecule has 0 aliphatic carbocycles. The molecule has 14 nitrogen and oxygen atoms in total. The highest BCUT2D eigenvalue weighted by molar-refractivity contribution is 7.10. The fourth-order valence-corrected chi connectivity index (χ4v) is 8.04. The van der Waals surface area contributed by atoms with Gasteiger partial charge in [-0.2, -0.15) is 0 Å². The summed E-state index contributed by atoms with van der Waals surface area (Å²) in [4.78, 5) is 73.7. The first-order valence-electron chi connectivity index (χ1n) is 17.8. The molecular weight excluding hydrogens is 693 g/mol. The highest BCUT2D eigenvalue weighted by Crippen LogP contribution is 2.30. The van der Waals surface area contributed by atoms with Crippen molar-refractivity contribution in [2.75, 3.05) is 6.61 Å². The fourth-order valence-electron chi connectivity index (χ4n) is 6.01. The molecule has 5 rings (SSSR count). The molecule has 0 saturated carbocycles. The Morgan fingerprint density at radius 2 is 1.16 bits per heavy atom. The Labute approximate surface area is 307 Å². The first-order valence-corrected chi connectivity index (χ1v) is 19.6. The molecule has 3 aliphatic rings. The Morgan fingerprint density at radius 1 is 0.686 bits per heavy atom. The first kappa shape index (κ1) is 38.3. The minimum absolute atomic E-state index is 0.00554. The van der Waals surface area contributed by atoms with Crippen molar-refractivity contribution >= 4 is 58.1 Å². The number of aromatic nitrogens is 2. The number of carbonyl (C=O) groups excluding carboxylic acids is 4. The Bertz CT molecular complexity index is 1670. The summed E-state index contributed by atoms with van der Waals surface area (Å²) in [7, 11) is 0. The van der Waals surface area contributed by atoms with Crippen molar-refractivity contribution in [1.29, 1.82) is 0 Å². The summed E-state index contributed by atoms with van der Waals surface area (Å²) in [6.45, 7) is 17.4. The zero-order chi connectivity index (χ0) is 37.1. The topological polar surface area (TPSA) is 185 Å². The third kappa shape index (κ3) is 8.43. The lowest BCUT2D eigenvalue weighted by Gasteiger charge is -2.28. The van der Waals surface area contributed by atoms with Crippen molar-refractivity contribution in [3.63, 3.8) is 0 Å². The van der Waals surface area contributed by atoms with E-state index in [1.165, 1.54) is 22.7 Å². The third-order valence-electron chi connectivity index (χ3n) is 9.75. The van der Waals surface area contributed by atoms with Crippen LogP contribution in [-0.4, -0.2) is 82.3 Å². The second kappa shape index (κ2) is 16.2. The minimum Gasteiger partial charge on any atom is -0.473 e. The van der Waals surface area contributed by atoms with E-state index in [1.54, 1.807) is 17.7 Å². The van der Waals surface area contributed by atoms with Crippen molar-refractivity contribution in [3.05, 3.63) is 32.2 Å². The highest BCUT2D eigenvalue weighted by atomic mass is 32.1. The van der Waals surface area contributed by atoms with Crippen molar-refractivity contribution < 1.29 is 28.7 Å². The van der Waals surface area contributed by atoms with Gasteiger partial charge in [-0.1, -0.05) is 68.2 Å². The van der Waals surface area contributed by atoms with Crippen molar-refractivity contribution in [1.82, 2.24) is 31.2 Å². The monoisotopic (exact) mass is 742 g/mol. The molecule has 51 heavy (non-hydrogen) atoms. The van der Waals surface area contributed by atoms with Crippen LogP contribution in [0.25, 0.3) is 0 Å². The summed E-state index contributed by atoms with van der Waals surface area (Å²) in [5.74, 6) is -1.48.